The summed E-state index contributed by atoms with van der Waals surface area (Å²) >= 11 is 0. The molecular weight excluding hydrogens is 194 g/mol. The van der Waals surface area contributed by atoms with Crippen LogP contribution >= 0.6 is 0 Å². The van der Waals surface area contributed by atoms with E-state index in [2.05, 4.69) is 19.2 Å². The second-order valence-corrected chi connectivity index (χ2v) is 4.89. The van der Waals surface area contributed by atoms with Gasteiger partial charge in [-0.1, -0.05) is 27.7 Å². The molecule has 0 aromatic carbocycles. The zero-order valence-corrected chi connectivity index (χ0v) is 9.96. The fraction of sp³-hybridized carbons (Fsp3) is 0.818. The van der Waals surface area contributed by atoms with Crippen molar-refractivity contribution in [3.63, 3.8) is 0 Å². The summed E-state index contributed by atoms with van der Waals surface area (Å²) < 4.78 is 0. The van der Waals surface area contributed by atoms with Crippen LogP contribution in [0.2, 0.25) is 0 Å². The van der Waals surface area contributed by atoms with Crippen LogP contribution in [0.5, 0.6) is 0 Å². The van der Waals surface area contributed by atoms with Crippen LogP contribution < -0.4 is 5.32 Å². The van der Waals surface area contributed by atoms with Crippen LogP contribution in [0.3, 0.4) is 0 Å². The number of nitrogens with one attached hydrogen (secondary N) is 1. The Labute approximate surface area is 91.1 Å². The standard InChI is InChI=1S/C11H21NO3/c1-8(2)5-6-12-10(15)11(3,4)7-9(13)14/h8H,5-7H2,1-4H3,(H,12,15)(H,13,14). The smallest absolute Gasteiger partial charge is 0.304 e. The van der Waals surface area contributed by atoms with E-state index >= 15 is 0 Å². The van der Waals surface area contributed by atoms with Crippen LogP contribution in [-0.2, 0) is 9.59 Å². The van der Waals surface area contributed by atoms with Crippen LogP contribution in [0.15, 0.2) is 0 Å². The molecule has 0 bridgehead atoms. The third-order valence-electron chi connectivity index (χ3n) is 2.22. The second kappa shape index (κ2) is 5.73. The summed E-state index contributed by atoms with van der Waals surface area (Å²) in [5.74, 6) is -0.600. The summed E-state index contributed by atoms with van der Waals surface area (Å²) in [5, 5.41) is 11.4. The van der Waals surface area contributed by atoms with Gasteiger partial charge in [0.25, 0.3) is 0 Å². The Balaban J connectivity index is 4.02. The average Bonchev–Trinajstić information content (AvgIpc) is 2.00. The van der Waals surface area contributed by atoms with Gasteiger partial charge in [-0.3, -0.25) is 9.59 Å². The number of carboxylic acid groups (broad SMARTS) is 1. The first kappa shape index (κ1) is 13.9. The van der Waals surface area contributed by atoms with E-state index < -0.39 is 11.4 Å². The number of hydrogen-bond acceptors (Lipinski definition) is 2. The van der Waals surface area contributed by atoms with E-state index in [0.717, 1.165) is 6.42 Å². The van der Waals surface area contributed by atoms with Gasteiger partial charge in [0, 0.05) is 6.54 Å². The molecule has 15 heavy (non-hydrogen) atoms. The maximum atomic E-state index is 11.6. The summed E-state index contributed by atoms with van der Waals surface area (Å²) in [4.78, 5) is 22.1. The lowest BCUT2D eigenvalue weighted by molar-refractivity contribution is -0.144. The van der Waals surface area contributed by atoms with Gasteiger partial charge in [0.2, 0.25) is 5.91 Å². The second-order valence-electron chi connectivity index (χ2n) is 4.89. The van der Waals surface area contributed by atoms with E-state index in [9.17, 15) is 9.59 Å². The van der Waals surface area contributed by atoms with E-state index in [4.69, 9.17) is 5.11 Å². The molecular formula is C11H21NO3. The minimum Gasteiger partial charge on any atom is -0.481 e. The molecule has 0 saturated carbocycles. The first-order chi connectivity index (χ1) is 6.75. The summed E-state index contributed by atoms with van der Waals surface area (Å²) in [7, 11) is 0. The fourth-order valence-electron chi connectivity index (χ4n) is 1.17. The molecule has 0 aromatic heterocycles. The van der Waals surface area contributed by atoms with Gasteiger partial charge >= 0.3 is 5.97 Å². The van der Waals surface area contributed by atoms with E-state index in [0.29, 0.717) is 12.5 Å². The SMILES string of the molecule is CC(C)CCNC(=O)C(C)(C)CC(=O)O. The van der Waals surface area contributed by atoms with Gasteiger partial charge in [0.1, 0.15) is 0 Å². The number of carbonyl (C=O) groups excluding carboxylic acids is 1. The number of hydrogen-bond donors (Lipinski definition) is 2. The highest BCUT2D eigenvalue weighted by Crippen LogP contribution is 2.20. The molecule has 1 amide bonds. The molecule has 0 radical (unpaired) electrons. The Morgan fingerprint density at radius 1 is 1.33 bits per heavy atom. The number of amides is 1. The lowest BCUT2D eigenvalue weighted by Gasteiger charge is -2.21. The van der Waals surface area contributed by atoms with E-state index in [1.807, 2.05) is 0 Å². The fourth-order valence-corrected chi connectivity index (χ4v) is 1.17. The maximum absolute atomic E-state index is 11.6. The molecule has 0 aromatic rings. The predicted molar refractivity (Wildman–Crippen MR) is 58.5 cm³/mol. The molecule has 0 fully saturated rings. The lowest BCUT2D eigenvalue weighted by atomic mass is 9.88. The molecule has 0 heterocycles. The average molecular weight is 215 g/mol. The van der Waals surface area contributed by atoms with Gasteiger partial charge in [-0.05, 0) is 12.3 Å². The molecule has 0 spiro atoms. The molecule has 0 aliphatic heterocycles. The van der Waals surface area contributed by atoms with Gasteiger partial charge in [-0.15, -0.1) is 0 Å². The molecule has 0 aliphatic carbocycles. The quantitative estimate of drug-likeness (QED) is 0.708. The number of aliphatic carboxylic acids is 1. The van der Waals surface area contributed by atoms with E-state index in [-0.39, 0.29) is 12.3 Å². The normalized spacial score (nSPS) is 11.5. The zero-order valence-electron chi connectivity index (χ0n) is 9.96. The van der Waals surface area contributed by atoms with Crippen molar-refractivity contribution in [2.24, 2.45) is 11.3 Å². The highest BCUT2D eigenvalue weighted by atomic mass is 16.4. The predicted octanol–water partition coefficient (Wildman–Crippen LogP) is 1.65. The zero-order chi connectivity index (χ0) is 12.1. The van der Waals surface area contributed by atoms with Crippen LogP contribution in [0.4, 0.5) is 0 Å². The van der Waals surface area contributed by atoms with Gasteiger partial charge < -0.3 is 10.4 Å². The summed E-state index contributed by atoms with van der Waals surface area (Å²) in [6.07, 6.45) is 0.773. The third kappa shape index (κ3) is 6.10. The molecule has 0 unspecified atom stereocenters. The minimum absolute atomic E-state index is 0.138. The van der Waals surface area contributed by atoms with Crippen molar-refractivity contribution < 1.29 is 14.7 Å². The molecule has 0 aliphatic rings. The Morgan fingerprint density at radius 3 is 2.27 bits per heavy atom. The molecule has 2 N–H and O–H groups in total. The first-order valence-electron chi connectivity index (χ1n) is 5.26. The Kier molecular flexibility index (Phi) is 5.33. The van der Waals surface area contributed by atoms with Gasteiger partial charge in [-0.25, -0.2) is 0 Å². The van der Waals surface area contributed by atoms with Crippen molar-refractivity contribution in [1.82, 2.24) is 5.32 Å². The number of carboxylic acids is 1. The monoisotopic (exact) mass is 215 g/mol. The van der Waals surface area contributed by atoms with Crippen LogP contribution in [0.25, 0.3) is 0 Å². The van der Waals surface area contributed by atoms with Crippen molar-refractivity contribution in [3.8, 4) is 0 Å². The third-order valence-corrected chi connectivity index (χ3v) is 2.22. The molecule has 4 nitrogen and oxygen atoms in total. The number of rotatable bonds is 6. The molecule has 0 saturated heterocycles. The molecule has 4 heteroatoms. The minimum atomic E-state index is -0.945. The maximum Gasteiger partial charge on any atom is 0.304 e. The van der Waals surface area contributed by atoms with E-state index in [1.54, 1.807) is 13.8 Å². The van der Waals surface area contributed by atoms with Gasteiger partial charge in [0.05, 0.1) is 11.8 Å². The number of carbonyl (C=O) groups is 2. The molecule has 0 atom stereocenters. The summed E-state index contributed by atoms with van der Waals surface area (Å²) in [6, 6.07) is 0. The van der Waals surface area contributed by atoms with Crippen molar-refractivity contribution in [2.75, 3.05) is 6.54 Å². The Morgan fingerprint density at radius 2 is 1.87 bits per heavy atom. The van der Waals surface area contributed by atoms with Crippen LogP contribution in [0.1, 0.15) is 40.5 Å². The Hall–Kier alpha value is -1.06. The Bertz CT molecular complexity index is 234. The van der Waals surface area contributed by atoms with Gasteiger partial charge in [0.15, 0.2) is 0 Å². The van der Waals surface area contributed by atoms with Crippen molar-refractivity contribution >= 4 is 11.9 Å². The van der Waals surface area contributed by atoms with Crippen LogP contribution in [0, 0.1) is 11.3 Å². The first-order valence-corrected chi connectivity index (χ1v) is 5.26. The highest BCUT2D eigenvalue weighted by molar-refractivity contribution is 5.86. The summed E-state index contributed by atoms with van der Waals surface area (Å²) in [6.45, 7) is 8.06. The van der Waals surface area contributed by atoms with Crippen LogP contribution in [-0.4, -0.2) is 23.5 Å². The van der Waals surface area contributed by atoms with E-state index in [1.165, 1.54) is 0 Å². The molecule has 0 rings (SSSR count). The van der Waals surface area contributed by atoms with Crippen molar-refractivity contribution in [1.29, 1.82) is 0 Å². The van der Waals surface area contributed by atoms with Crippen molar-refractivity contribution in [2.45, 2.75) is 40.5 Å². The topological polar surface area (TPSA) is 66.4 Å². The highest BCUT2D eigenvalue weighted by Gasteiger charge is 2.29. The lowest BCUT2D eigenvalue weighted by Crippen LogP contribution is -2.39. The van der Waals surface area contributed by atoms with Gasteiger partial charge in [-0.2, -0.15) is 0 Å². The summed E-state index contributed by atoms with van der Waals surface area (Å²) in [5.41, 5.74) is -0.831. The molecule has 88 valence electrons. The largest absolute Gasteiger partial charge is 0.481 e. The van der Waals surface area contributed by atoms with Crippen molar-refractivity contribution in [3.05, 3.63) is 0 Å².